The minimum atomic E-state index is 0.0114. The molecule has 20 heavy (non-hydrogen) atoms. The molecule has 0 fully saturated rings. The Balaban J connectivity index is 2.24. The Morgan fingerprint density at radius 2 is 2.05 bits per heavy atom. The number of aromatic nitrogens is 2. The maximum absolute atomic E-state index is 11.4. The molecule has 0 unspecified atom stereocenters. The molecule has 1 heterocycles. The van der Waals surface area contributed by atoms with Crippen LogP contribution in [0.3, 0.4) is 0 Å². The highest BCUT2D eigenvalue weighted by molar-refractivity contribution is 5.80. The van der Waals surface area contributed by atoms with E-state index in [1.165, 1.54) is 0 Å². The fourth-order valence-corrected chi connectivity index (χ4v) is 1.54. The Hall–Kier alpha value is -2.05. The van der Waals surface area contributed by atoms with Gasteiger partial charge in [0.05, 0.1) is 12.2 Å². The first-order chi connectivity index (χ1) is 9.54. The number of carbonyl (C=O) groups is 1. The minimum Gasteiger partial charge on any atom is -0.355 e. The van der Waals surface area contributed by atoms with E-state index in [2.05, 4.69) is 26.0 Å². The summed E-state index contributed by atoms with van der Waals surface area (Å²) in [5.41, 5.74) is 1.07. The van der Waals surface area contributed by atoms with Gasteiger partial charge in [0.25, 0.3) is 0 Å². The van der Waals surface area contributed by atoms with Crippen molar-refractivity contribution >= 4 is 11.9 Å². The zero-order chi connectivity index (χ0) is 15.0. The number of aliphatic imine (C=N–C) groups is 1. The number of hydrogen-bond acceptors (Lipinski definition) is 3. The van der Waals surface area contributed by atoms with Gasteiger partial charge >= 0.3 is 0 Å². The molecule has 0 saturated heterocycles. The summed E-state index contributed by atoms with van der Waals surface area (Å²) in [6.45, 7) is 5.59. The van der Waals surface area contributed by atoms with Crippen molar-refractivity contribution in [2.24, 2.45) is 18.0 Å². The number of nitrogens with one attached hydrogen (secondary N) is 3. The van der Waals surface area contributed by atoms with Gasteiger partial charge in [0.2, 0.25) is 5.91 Å². The quantitative estimate of drug-likeness (QED) is 0.385. The molecule has 1 rings (SSSR count). The summed E-state index contributed by atoms with van der Waals surface area (Å²) in [5.74, 6) is 0.770. The van der Waals surface area contributed by atoms with Crippen molar-refractivity contribution in [3.63, 3.8) is 0 Å². The Morgan fingerprint density at radius 3 is 2.60 bits per heavy atom. The maximum Gasteiger partial charge on any atom is 0.222 e. The molecule has 1 aromatic heterocycles. The number of amides is 1. The van der Waals surface area contributed by atoms with Gasteiger partial charge in [0.15, 0.2) is 5.96 Å². The van der Waals surface area contributed by atoms with E-state index in [0.717, 1.165) is 5.69 Å². The molecule has 1 aromatic rings. The summed E-state index contributed by atoms with van der Waals surface area (Å²) in [4.78, 5) is 15.5. The predicted molar refractivity (Wildman–Crippen MR) is 79.3 cm³/mol. The van der Waals surface area contributed by atoms with Gasteiger partial charge in [0, 0.05) is 39.3 Å². The lowest BCUT2D eigenvalue weighted by Crippen LogP contribution is -2.42. The van der Waals surface area contributed by atoms with Crippen LogP contribution in [0.5, 0.6) is 0 Å². The number of nitrogens with zero attached hydrogens (tertiary/aromatic N) is 3. The van der Waals surface area contributed by atoms with Gasteiger partial charge in [-0.05, 0) is 6.07 Å². The van der Waals surface area contributed by atoms with Crippen LogP contribution in [0.15, 0.2) is 17.3 Å². The lowest BCUT2D eigenvalue weighted by Gasteiger charge is -2.13. The molecule has 0 spiro atoms. The number of aryl methyl sites for hydroxylation is 1. The summed E-state index contributed by atoms with van der Waals surface area (Å²) in [6.07, 6.45) is 1.76. The van der Waals surface area contributed by atoms with Gasteiger partial charge in [-0.15, -0.1) is 0 Å². The molecule has 0 saturated carbocycles. The number of guanidine groups is 1. The van der Waals surface area contributed by atoms with Crippen molar-refractivity contribution < 1.29 is 4.79 Å². The van der Waals surface area contributed by atoms with Crippen molar-refractivity contribution in [3.05, 3.63) is 18.0 Å². The summed E-state index contributed by atoms with van der Waals surface area (Å²) in [5, 5.41) is 13.3. The minimum absolute atomic E-state index is 0.0114. The van der Waals surface area contributed by atoms with Gasteiger partial charge in [0.1, 0.15) is 0 Å². The zero-order valence-electron chi connectivity index (χ0n) is 12.6. The Kier molecular flexibility index (Phi) is 6.55. The number of hydrogen-bond donors (Lipinski definition) is 3. The highest BCUT2D eigenvalue weighted by Crippen LogP contribution is 1.94. The summed E-state index contributed by atoms with van der Waals surface area (Å²) in [7, 11) is 3.61. The normalized spacial score (nSPS) is 11.6. The first-order valence-corrected chi connectivity index (χ1v) is 6.73. The van der Waals surface area contributed by atoms with Crippen molar-refractivity contribution in [3.8, 4) is 0 Å². The van der Waals surface area contributed by atoms with Crippen LogP contribution < -0.4 is 16.0 Å². The molecule has 7 heteroatoms. The third kappa shape index (κ3) is 5.29. The third-order valence-electron chi connectivity index (χ3n) is 2.82. The largest absolute Gasteiger partial charge is 0.355 e. The third-order valence-corrected chi connectivity index (χ3v) is 2.82. The van der Waals surface area contributed by atoms with Gasteiger partial charge < -0.3 is 16.0 Å². The van der Waals surface area contributed by atoms with Crippen LogP contribution in [0.4, 0.5) is 0 Å². The fraction of sp³-hybridized carbons (Fsp3) is 0.615. The first kappa shape index (κ1) is 16.0. The number of rotatable bonds is 6. The fourth-order valence-electron chi connectivity index (χ4n) is 1.54. The molecule has 0 aliphatic rings. The van der Waals surface area contributed by atoms with E-state index in [9.17, 15) is 4.79 Å². The van der Waals surface area contributed by atoms with Crippen LogP contribution in [0.1, 0.15) is 19.5 Å². The van der Waals surface area contributed by atoms with Crippen LogP contribution in [0, 0.1) is 5.92 Å². The monoisotopic (exact) mass is 280 g/mol. The average Bonchev–Trinajstić information content (AvgIpc) is 2.83. The molecule has 0 aliphatic carbocycles. The molecule has 0 aliphatic heterocycles. The highest BCUT2D eigenvalue weighted by Gasteiger charge is 2.05. The second kappa shape index (κ2) is 8.19. The van der Waals surface area contributed by atoms with Gasteiger partial charge in [-0.2, -0.15) is 5.10 Å². The predicted octanol–water partition coefficient (Wildman–Crippen LogP) is -0.143. The average molecular weight is 280 g/mol. The molecule has 112 valence electrons. The van der Waals surface area contributed by atoms with E-state index in [1.54, 1.807) is 13.2 Å². The molecule has 7 nitrogen and oxygen atoms in total. The smallest absolute Gasteiger partial charge is 0.222 e. The van der Waals surface area contributed by atoms with Crippen molar-refractivity contribution in [1.82, 2.24) is 25.7 Å². The van der Waals surface area contributed by atoms with E-state index in [0.29, 0.717) is 25.6 Å². The van der Waals surface area contributed by atoms with E-state index in [4.69, 9.17) is 0 Å². The topological polar surface area (TPSA) is 83.3 Å². The van der Waals surface area contributed by atoms with Gasteiger partial charge in [-0.3, -0.25) is 14.5 Å². The molecule has 0 bridgehead atoms. The summed E-state index contributed by atoms with van der Waals surface area (Å²) in [6, 6.07) is 1.95. The van der Waals surface area contributed by atoms with E-state index >= 15 is 0 Å². The molecule has 0 radical (unpaired) electrons. The maximum atomic E-state index is 11.4. The Labute approximate surface area is 119 Å². The SMILES string of the molecule is CN=C(NCCNC(=O)C(C)C)NCc1ccnn1C. The standard InChI is InChI=1S/C13H24N6O/c1-10(2)12(20)15-7-8-16-13(14-3)17-9-11-5-6-18-19(11)4/h5-6,10H,7-9H2,1-4H3,(H,15,20)(H2,14,16,17). The van der Waals surface area contributed by atoms with Crippen LogP contribution >= 0.6 is 0 Å². The lowest BCUT2D eigenvalue weighted by atomic mass is 10.2. The van der Waals surface area contributed by atoms with E-state index in [1.807, 2.05) is 31.6 Å². The van der Waals surface area contributed by atoms with Gasteiger partial charge in [-0.25, -0.2) is 0 Å². The van der Waals surface area contributed by atoms with Crippen molar-refractivity contribution in [1.29, 1.82) is 0 Å². The molecule has 3 N–H and O–H groups in total. The zero-order valence-corrected chi connectivity index (χ0v) is 12.6. The molecule has 0 aromatic carbocycles. The summed E-state index contributed by atoms with van der Waals surface area (Å²) >= 11 is 0. The molecular formula is C13H24N6O. The number of carbonyl (C=O) groups excluding carboxylic acids is 1. The van der Waals surface area contributed by atoms with E-state index < -0.39 is 0 Å². The molecule has 0 atom stereocenters. The van der Waals surface area contributed by atoms with E-state index in [-0.39, 0.29) is 11.8 Å². The Morgan fingerprint density at radius 1 is 1.35 bits per heavy atom. The van der Waals surface area contributed by atoms with Crippen LogP contribution in [0.25, 0.3) is 0 Å². The molecular weight excluding hydrogens is 256 g/mol. The molecule has 1 amide bonds. The van der Waals surface area contributed by atoms with Gasteiger partial charge in [-0.1, -0.05) is 13.8 Å². The van der Waals surface area contributed by atoms with Crippen molar-refractivity contribution in [2.75, 3.05) is 20.1 Å². The summed E-state index contributed by atoms with van der Waals surface area (Å²) < 4.78 is 1.81. The van der Waals surface area contributed by atoms with Crippen LogP contribution in [-0.4, -0.2) is 41.8 Å². The first-order valence-electron chi connectivity index (χ1n) is 6.73. The van der Waals surface area contributed by atoms with Crippen molar-refractivity contribution in [2.45, 2.75) is 20.4 Å². The highest BCUT2D eigenvalue weighted by atomic mass is 16.1. The second-order valence-electron chi connectivity index (χ2n) is 4.74. The second-order valence-corrected chi connectivity index (χ2v) is 4.74. The van der Waals surface area contributed by atoms with Crippen LogP contribution in [0.2, 0.25) is 0 Å². The Bertz CT molecular complexity index is 451. The lowest BCUT2D eigenvalue weighted by molar-refractivity contribution is -0.123. The van der Waals surface area contributed by atoms with Crippen LogP contribution in [-0.2, 0) is 18.4 Å².